The number of rotatable bonds is 3. The highest BCUT2D eigenvalue weighted by atomic mass is 16.3. The number of aliphatic hydroxyl groups excluding tert-OH is 1. The van der Waals surface area contributed by atoms with E-state index in [1.54, 1.807) is 6.20 Å². The van der Waals surface area contributed by atoms with E-state index in [9.17, 15) is 5.11 Å². The first-order chi connectivity index (χ1) is 9.66. The molecule has 20 heavy (non-hydrogen) atoms. The molecule has 0 saturated carbocycles. The highest BCUT2D eigenvalue weighted by molar-refractivity contribution is 5.81. The topological polar surface area (TPSA) is 50.9 Å². The Balaban J connectivity index is 1.96. The van der Waals surface area contributed by atoms with E-state index in [4.69, 9.17) is 0 Å². The molecule has 1 aromatic carbocycles. The van der Waals surface area contributed by atoms with E-state index >= 15 is 0 Å². The third-order valence-electron chi connectivity index (χ3n) is 3.63. The van der Waals surface area contributed by atoms with Gasteiger partial charge in [-0.1, -0.05) is 24.3 Å². The zero-order valence-corrected chi connectivity index (χ0v) is 11.6. The van der Waals surface area contributed by atoms with Crippen LogP contribution in [0, 0.1) is 6.92 Å². The molecule has 1 N–H and O–H groups in total. The van der Waals surface area contributed by atoms with E-state index in [2.05, 4.69) is 10.1 Å². The average molecular weight is 267 g/mol. The van der Waals surface area contributed by atoms with Crippen molar-refractivity contribution < 1.29 is 5.11 Å². The first-order valence-corrected chi connectivity index (χ1v) is 6.67. The molecule has 4 nitrogen and oxygen atoms in total. The van der Waals surface area contributed by atoms with Crippen LogP contribution in [-0.2, 0) is 13.5 Å². The summed E-state index contributed by atoms with van der Waals surface area (Å²) in [5, 5.41) is 16.0. The fraction of sp³-hybridized carbons (Fsp3) is 0.250. The predicted octanol–water partition coefficient (Wildman–Crippen LogP) is 2.55. The van der Waals surface area contributed by atoms with Gasteiger partial charge in [0, 0.05) is 36.3 Å². The van der Waals surface area contributed by atoms with Crippen molar-refractivity contribution in [1.82, 2.24) is 14.8 Å². The summed E-state index contributed by atoms with van der Waals surface area (Å²) in [5.41, 5.74) is 3.72. The molecule has 3 rings (SSSR count). The van der Waals surface area contributed by atoms with E-state index in [0.29, 0.717) is 6.42 Å². The Morgan fingerprint density at radius 1 is 1.20 bits per heavy atom. The molecule has 0 radical (unpaired) electrons. The summed E-state index contributed by atoms with van der Waals surface area (Å²) in [7, 11) is 1.92. The zero-order valence-electron chi connectivity index (χ0n) is 11.6. The summed E-state index contributed by atoms with van der Waals surface area (Å²) in [4.78, 5) is 4.22. The molecule has 102 valence electrons. The molecule has 2 heterocycles. The average Bonchev–Trinajstić information content (AvgIpc) is 2.76. The Morgan fingerprint density at radius 3 is 2.80 bits per heavy atom. The van der Waals surface area contributed by atoms with Crippen molar-refractivity contribution in [2.24, 2.45) is 7.05 Å². The number of benzene rings is 1. The number of aromatic nitrogens is 3. The summed E-state index contributed by atoms with van der Waals surface area (Å²) in [6.07, 6.45) is 1.65. The van der Waals surface area contributed by atoms with Gasteiger partial charge in [-0.05, 0) is 19.1 Å². The van der Waals surface area contributed by atoms with Gasteiger partial charge in [-0.15, -0.1) is 0 Å². The van der Waals surface area contributed by atoms with Crippen LogP contribution >= 0.6 is 0 Å². The number of hydrogen-bond acceptors (Lipinski definition) is 3. The lowest BCUT2D eigenvalue weighted by atomic mass is 10.0. The Hall–Kier alpha value is -2.20. The standard InChI is InChI=1S/C16H17N3O/c1-11-12(7-5-9-17-11)16(20)10-14-13-6-3-4-8-15(13)19(2)18-14/h3-9,16,20H,10H2,1-2H3. The van der Waals surface area contributed by atoms with Gasteiger partial charge in [-0.25, -0.2) is 0 Å². The van der Waals surface area contributed by atoms with Crippen LogP contribution in [0.3, 0.4) is 0 Å². The number of fused-ring (bicyclic) bond motifs is 1. The van der Waals surface area contributed by atoms with Crippen molar-refractivity contribution in [3.8, 4) is 0 Å². The van der Waals surface area contributed by atoms with Crippen molar-refractivity contribution in [3.05, 3.63) is 59.5 Å². The van der Waals surface area contributed by atoms with Crippen molar-refractivity contribution >= 4 is 10.9 Å². The summed E-state index contributed by atoms with van der Waals surface area (Å²) >= 11 is 0. The molecule has 1 atom stereocenters. The van der Waals surface area contributed by atoms with Crippen LogP contribution in [-0.4, -0.2) is 19.9 Å². The van der Waals surface area contributed by atoms with Gasteiger partial charge < -0.3 is 5.11 Å². The van der Waals surface area contributed by atoms with Crippen LogP contribution in [0.25, 0.3) is 10.9 Å². The SMILES string of the molecule is Cc1ncccc1C(O)Cc1nn(C)c2ccccc12. The van der Waals surface area contributed by atoms with Crippen LogP contribution in [0.15, 0.2) is 42.6 Å². The van der Waals surface area contributed by atoms with Gasteiger partial charge in [0.1, 0.15) is 0 Å². The predicted molar refractivity (Wildman–Crippen MR) is 78.4 cm³/mol. The van der Waals surface area contributed by atoms with Gasteiger partial charge >= 0.3 is 0 Å². The van der Waals surface area contributed by atoms with E-state index in [1.807, 2.05) is 55.1 Å². The number of nitrogens with zero attached hydrogens (tertiary/aromatic N) is 3. The third kappa shape index (κ3) is 2.18. The maximum absolute atomic E-state index is 10.4. The van der Waals surface area contributed by atoms with Gasteiger partial charge in [0.15, 0.2) is 0 Å². The summed E-state index contributed by atoms with van der Waals surface area (Å²) in [6, 6.07) is 11.8. The first-order valence-electron chi connectivity index (χ1n) is 6.67. The van der Waals surface area contributed by atoms with Crippen LogP contribution in [0.4, 0.5) is 0 Å². The van der Waals surface area contributed by atoms with Crippen LogP contribution in [0.1, 0.15) is 23.1 Å². The van der Waals surface area contributed by atoms with E-state index < -0.39 is 6.10 Å². The van der Waals surface area contributed by atoms with Crippen LogP contribution in [0.5, 0.6) is 0 Å². The Labute approximate surface area is 117 Å². The number of para-hydroxylation sites is 1. The smallest absolute Gasteiger partial charge is 0.0863 e. The van der Waals surface area contributed by atoms with Crippen molar-refractivity contribution in [1.29, 1.82) is 0 Å². The molecule has 0 amide bonds. The number of aryl methyl sites for hydroxylation is 2. The maximum Gasteiger partial charge on any atom is 0.0863 e. The van der Waals surface area contributed by atoms with E-state index in [0.717, 1.165) is 27.9 Å². The second-order valence-electron chi connectivity index (χ2n) is 4.99. The van der Waals surface area contributed by atoms with Crippen LogP contribution in [0.2, 0.25) is 0 Å². The van der Waals surface area contributed by atoms with Crippen molar-refractivity contribution in [3.63, 3.8) is 0 Å². The number of aliphatic hydroxyl groups is 1. The molecular weight excluding hydrogens is 250 g/mol. The highest BCUT2D eigenvalue weighted by Gasteiger charge is 2.16. The Bertz CT molecular complexity index is 748. The lowest BCUT2D eigenvalue weighted by Crippen LogP contribution is -2.06. The Morgan fingerprint density at radius 2 is 2.00 bits per heavy atom. The largest absolute Gasteiger partial charge is 0.388 e. The second-order valence-corrected chi connectivity index (χ2v) is 4.99. The molecule has 0 aliphatic rings. The van der Waals surface area contributed by atoms with Gasteiger partial charge in [0.25, 0.3) is 0 Å². The van der Waals surface area contributed by atoms with Crippen LogP contribution < -0.4 is 0 Å². The molecule has 0 spiro atoms. The molecule has 0 aliphatic carbocycles. The summed E-state index contributed by atoms with van der Waals surface area (Å²) in [5.74, 6) is 0. The fourth-order valence-corrected chi connectivity index (χ4v) is 2.58. The molecule has 4 heteroatoms. The fourth-order valence-electron chi connectivity index (χ4n) is 2.58. The number of pyridine rings is 1. The Kier molecular flexibility index (Phi) is 3.24. The second kappa shape index (κ2) is 5.06. The molecule has 2 aromatic heterocycles. The lowest BCUT2D eigenvalue weighted by Gasteiger charge is -2.11. The molecule has 0 aliphatic heterocycles. The molecule has 0 fully saturated rings. The van der Waals surface area contributed by atoms with Crippen molar-refractivity contribution in [2.45, 2.75) is 19.4 Å². The van der Waals surface area contributed by atoms with Gasteiger partial charge in [-0.3, -0.25) is 9.67 Å². The van der Waals surface area contributed by atoms with Gasteiger partial charge in [0.05, 0.1) is 17.3 Å². The minimum Gasteiger partial charge on any atom is -0.388 e. The van der Waals surface area contributed by atoms with Gasteiger partial charge in [-0.2, -0.15) is 5.10 Å². The first kappa shape index (κ1) is 12.8. The summed E-state index contributed by atoms with van der Waals surface area (Å²) < 4.78 is 1.85. The molecule has 1 unspecified atom stereocenters. The molecule has 0 saturated heterocycles. The minimum absolute atomic E-state index is 0.494. The van der Waals surface area contributed by atoms with Gasteiger partial charge in [0.2, 0.25) is 0 Å². The normalized spacial score (nSPS) is 12.8. The number of hydrogen-bond donors (Lipinski definition) is 1. The quantitative estimate of drug-likeness (QED) is 0.793. The summed E-state index contributed by atoms with van der Waals surface area (Å²) in [6.45, 7) is 1.91. The lowest BCUT2D eigenvalue weighted by molar-refractivity contribution is 0.176. The van der Waals surface area contributed by atoms with E-state index in [-0.39, 0.29) is 0 Å². The minimum atomic E-state index is -0.581. The monoisotopic (exact) mass is 267 g/mol. The maximum atomic E-state index is 10.4. The third-order valence-corrected chi connectivity index (χ3v) is 3.63. The van der Waals surface area contributed by atoms with E-state index in [1.165, 1.54) is 0 Å². The molecule has 3 aromatic rings. The molecule has 0 bridgehead atoms. The van der Waals surface area contributed by atoms with Crippen molar-refractivity contribution in [2.75, 3.05) is 0 Å². The highest BCUT2D eigenvalue weighted by Crippen LogP contribution is 2.24. The zero-order chi connectivity index (χ0) is 14.1. The molecular formula is C16H17N3O.